The predicted molar refractivity (Wildman–Crippen MR) is 65.1 cm³/mol. The SMILES string of the molecule is Cc1cc(N(C)C(C)C)c(CN)c(C)n1. The highest BCUT2D eigenvalue weighted by Crippen LogP contribution is 2.23. The summed E-state index contributed by atoms with van der Waals surface area (Å²) in [5.74, 6) is 0. The smallest absolute Gasteiger partial charge is 0.0447 e. The second-order valence-electron chi connectivity index (χ2n) is 4.26. The van der Waals surface area contributed by atoms with E-state index in [9.17, 15) is 0 Å². The summed E-state index contributed by atoms with van der Waals surface area (Å²) in [6.45, 7) is 8.93. The molecule has 0 spiro atoms. The zero-order valence-electron chi connectivity index (χ0n) is 10.3. The first-order valence-electron chi connectivity index (χ1n) is 5.37. The molecule has 1 aromatic heterocycles. The van der Waals surface area contributed by atoms with Crippen LogP contribution in [0.3, 0.4) is 0 Å². The largest absolute Gasteiger partial charge is 0.372 e. The van der Waals surface area contributed by atoms with Gasteiger partial charge in [-0.15, -0.1) is 0 Å². The molecule has 15 heavy (non-hydrogen) atoms. The van der Waals surface area contributed by atoms with Crippen LogP contribution in [0.1, 0.15) is 30.8 Å². The minimum Gasteiger partial charge on any atom is -0.372 e. The summed E-state index contributed by atoms with van der Waals surface area (Å²) in [7, 11) is 2.10. The standard InChI is InChI=1S/C12H21N3/c1-8(2)15(5)12-6-9(3)14-10(4)11(12)7-13/h6,8H,7,13H2,1-5H3. The van der Waals surface area contributed by atoms with Crippen LogP contribution in [0.4, 0.5) is 5.69 Å². The zero-order valence-corrected chi connectivity index (χ0v) is 10.3. The van der Waals surface area contributed by atoms with E-state index in [1.807, 2.05) is 13.8 Å². The van der Waals surface area contributed by atoms with Crippen molar-refractivity contribution in [1.29, 1.82) is 0 Å². The van der Waals surface area contributed by atoms with Gasteiger partial charge in [-0.25, -0.2) is 0 Å². The summed E-state index contributed by atoms with van der Waals surface area (Å²) in [6.07, 6.45) is 0. The Morgan fingerprint density at radius 3 is 2.47 bits per heavy atom. The van der Waals surface area contributed by atoms with Gasteiger partial charge in [-0.3, -0.25) is 4.98 Å². The molecule has 1 heterocycles. The highest BCUT2D eigenvalue weighted by atomic mass is 15.1. The van der Waals surface area contributed by atoms with Crippen molar-refractivity contribution in [2.24, 2.45) is 5.73 Å². The average Bonchev–Trinajstić information content (AvgIpc) is 2.15. The molecule has 3 nitrogen and oxygen atoms in total. The van der Waals surface area contributed by atoms with Gasteiger partial charge in [0.2, 0.25) is 0 Å². The molecule has 0 bridgehead atoms. The third-order valence-corrected chi connectivity index (χ3v) is 2.79. The lowest BCUT2D eigenvalue weighted by atomic mass is 10.1. The lowest BCUT2D eigenvalue weighted by Gasteiger charge is -2.27. The number of rotatable bonds is 3. The minimum atomic E-state index is 0.469. The third kappa shape index (κ3) is 2.48. The van der Waals surface area contributed by atoms with Crippen LogP contribution in [0.5, 0.6) is 0 Å². The van der Waals surface area contributed by atoms with Crippen molar-refractivity contribution in [2.75, 3.05) is 11.9 Å². The summed E-state index contributed by atoms with van der Waals surface area (Å²) < 4.78 is 0. The van der Waals surface area contributed by atoms with Crippen molar-refractivity contribution >= 4 is 5.69 Å². The number of nitrogens with two attached hydrogens (primary N) is 1. The first-order valence-corrected chi connectivity index (χ1v) is 5.37. The molecule has 3 heteroatoms. The van der Waals surface area contributed by atoms with Crippen LogP contribution < -0.4 is 10.6 Å². The van der Waals surface area contributed by atoms with E-state index in [4.69, 9.17) is 5.73 Å². The van der Waals surface area contributed by atoms with Crippen molar-refractivity contribution in [2.45, 2.75) is 40.3 Å². The number of aromatic nitrogens is 1. The molecule has 0 saturated carbocycles. The van der Waals surface area contributed by atoms with Crippen LogP contribution in [-0.2, 0) is 6.54 Å². The van der Waals surface area contributed by atoms with Crippen molar-refractivity contribution in [3.05, 3.63) is 23.0 Å². The van der Waals surface area contributed by atoms with Gasteiger partial charge in [0, 0.05) is 42.3 Å². The number of aryl methyl sites for hydroxylation is 2. The molecule has 84 valence electrons. The predicted octanol–water partition coefficient (Wildman–Crippen LogP) is 2.00. The Bertz CT molecular complexity index is 345. The highest BCUT2D eigenvalue weighted by Gasteiger charge is 2.12. The fourth-order valence-electron chi connectivity index (χ4n) is 1.68. The third-order valence-electron chi connectivity index (χ3n) is 2.79. The molecule has 0 unspecified atom stereocenters. The first-order chi connectivity index (χ1) is 6.97. The topological polar surface area (TPSA) is 42.1 Å². The van der Waals surface area contributed by atoms with E-state index < -0.39 is 0 Å². The fourth-order valence-corrected chi connectivity index (χ4v) is 1.68. The molecular formula is C12H21N3. The van der Waals surface area contributed by atoms with Crippen LogP contribution in [0.2, 0.25) is 0 Å². The summed E-state index contributed by atoms with van der Waals surface area (Å²) in [6, 6.07) is 2.58. The second-order valence-corrected chi connectivity index (χ2v) is 4.26. The summed E-state index contributed by atoms with van der Waals surface area (Å²) in [5, 5.41) is 0. The molecule has 0 aliphatic heterocycles. The molecule has 0 radical (unpaired) electrons. The maximum atomic E-state index is 5.77. The lowest BCUT2D eigenvalue weighted by Crippen LogP contribution is -2.27. The van der Waals surface area contributed by atoms with Gasteiger partial charge >= 0.3 is 0 Å². The summed E-state index contributed by atoms with van der Waals surface area (Å²) in [5.41, 5.74) is 10.2. The quantitative estimate of drug-likeness (QED) is 0.824. The maximum absolute atomic E-state index is 5.77. The van der Waals surface area contributed by atoms with Gasteiger partial charge in [0.15, 0.2) is 0 Å². The van der Waals surface area contributed by atoms with Crippen LogP contribution in [0, 0.1) is 13.8 Å². The fraction of sp³-hybridized carbons (Fsp3) is 0.583. The van der Waals surface area contributed by atoms with Gasteiger partial charge in [0.25, 0.3) is 0 Å². The molecule has 1 rings (SSSR count). The van der Waals surface area contributed by atoms with Crippen molar-refractivity contribution < 1.29 is 0 Å². The monoisotopic (exact) mass is 207 g/mol. The Morgan fingerprint density at radius 1 is 1.40 bits per heavy atom. The molecule has 1 aromatic rings. The van der Waals surface area contributed by atoms with E-state index in [1.54, 1.807) is 0 Å². The van der Waals surface area contributed by atoms with Crippen LogP contribution in [-0.4, -0.2) is 18.1 Å². The maximum Gasteiger partial charge on any atom is 0.0447 e. The molecule has 0 saturated heterocycles. The minimum absolute atomic E-state index is 0.469. The van der Waals surface area contributed by atoms with Crippen molar-refractivity contribution in [3.63, 3.8) is 0 Å². The van der Waals surface area contributed by atoms with E-state index in [0.717, 1.165) is 17.0 Å². The Hall–Kier alpha value is -1.09. The molecule has 0 aliphatic carbocycles. The molecule has 0 aromatic carbocycles. The molecular weight excluding hydrogens is 186 g/mol. The van der Waals surface area contributed by atoms with Crippen LogP contribution in [0.15, 0.2) is 6.07 Å². The zero-order chi connectivity index (χ0) is 11.6. The Labute approximate surface area is 92.3 Å². The van der Waals surface area contributed by atoms with Gasteiger partial charge in [-0.05, 0) is 33.8 Å². The van der Waals surface area contributed by atoms with E-state index in [2.05, 4.69) is 36.8 Å². The lowest BCUT2D eigenvalue weighted by molar-refractivity contribution is 0.745. The van der Waals surface area contributed by atoms with Gasteiger partial charge in [-0.2, -0.15) is 0 Å². The van der Waals surface area contributed by atoms with Crippen molar-refractivity contribution in [3.8, 4) is 0 Å². The first kappa shape index (κ1) is 12.0. The number of anilines is 1. The van der Waals surface area contributed by atoms with Gasteiger partial charge in [-0.1, -0.05) is 0 Å². The van der Waals surface area contributed by atoms with Crippen LogP contribution in [0.25, 0.3) is 0 Å². The van der Waals surface area contributed by atoms with E-state index in [0.29, 0.717) is 12.6 Å². The van der Waals surface area contributed by atoms with Crippen LogP contribution >= 0.6 is 0 Å². The van der Waals surface area contributed by atoms with Gasteiger partial charge < -0.3 is 10.6 Å². The molecule has 0 aliphatic rings. The molecule has 0 fully saturated rings. The molecule has 0 amide bonds. The van der Waals surface area contributed by atoms with Gasteiger partial charge in [0.05, 0.1) is 0 Å². The normalized spacial score (nSPS) is 10.9. The number of nitrogens with zero attached hydrogens (tertiary/aromatic N) is 2. The Morgan fingerprint density at radius 2 is 2.00 bits per heavy atom. The summed E-state index contributed by atoms with van der Waals surface area (Å²) in [4.78, 5) is 6.68. The Balaban J connectivity index is 3.26. The number of hydrogen-bond donors (Lipinski definition) is 1. The number of pyridine rings is 1. The molecule has 0 atom stereocenters. The van der Waals surface area contributed by atoms with E-state index >= 15 is 0 Å². The van der Waals surface area contributed by atoms with E-state index in [-0.39, 0.29) is 0 Å². The highest BCUT2D eigenvalue weighted by molar-refractivity contribution is 5.56. The summed E-state index contributed by atoms with van der Waals surface area (Å²) >= 11 is 0. The second kappa shape index (κ2) is 4.62. The molecule has 2 N–H and O–H groups in total. The number of hydrogen-bond acceptors (Lipinski definition) is 3. The van der Waals surface area contributed by atoms with Crippen molar-refractivity contribution in [1.82, 2.24) is 4.98 Å². The Kier molecular flexibility index (Phi) is 3.69. The average molecular weight is 207 g/mol. The van der Waals surface area contributed by atoms with E-state index in [1.165, 1.54) is 5.69 Å². The van der Waals surface area contributed by atoms with Gasteiger partial charge in [0.1, 0.15) is 0 Å².